The minimum Gasteiger partial charge on any atom is -0.466 e. The number of para-hydroxylation sites is 1. The molecule has 0 fully saturated rings. The lowest BCUT2D eigenvalue weighted by molar-refractivity contribution is -0.166. The maximum absolute atomic E-state index is 13.0. The maximum Gasteiger partial charge on any atom is 0.353 e. The number of esters is 1. The van der Waals surface area contributed by atoms with Gasteiger partial charge in [0.1, 0.15) is 0 Å². The molecule has 2 heterocycles. The highest BCUT2D eigenvalue weighted by atomic mass is 16.7. The molecule has 32 heavy (non-hydrogen) atoms. The number of carbonyl (C=O) groups excluding carboxylic acids is 2. The molecule has 7 nitrogen and oxygen atoms in total. The van der Waals surface area contributed by atoms with Gasteiger partial charge in [-0.15, -0.1) is 0 Å². The molecule has 0 radical (unpaired) electrons. The van der Waals surface area contributed by atoms with Crippen LogP contribution in [-0.4, -0.2) is 41.4 Å². The van der Waals surface area contributed by atoms with Crippen LogP contribution >= 0.6 is 0 Å². The zero-order valence-electron chi connectivity index (χ0n) is 18.5. The first-order valence-corrected chi connectivity index (χ1v) is 10.7. The molecule has 0 bridgehead atoms. The number of nitrogens with one attached hydrogen (secondary N) is 1. The Morgan fingerprint density at radius 3 is 2.59 bits per heavy atom. The Morgan fingerprint density at radius 1 is 1.16 bits per heavy atom. The molecule has 7 heteroatoms. The van der Waals surface area contributed by atoms with Crippen LogP contribution in [0.3, 0.4) is 0 Å². The van der Waals surface area contributed by atoms with E-state index in [0.717, 1.165) is 16.5 Å². The van der Waals surface area contributed by atoms with Crippen molar-refractivity contribution in [1.29, 1.82) is 0 Å². The summed E-state index contributed by atoms with van der Waals surface area (Å²) in [5, 5.41) is 7.94. The normalized spacial score (nSPS) is 17.8. The summed E-state index contributed by atoms with van der Waals surface area (Å²) in [4.78, 5) is 31.1. The fraction of sp³-hybridized carbons (Fsp3) is 0.320. The number of hydrogen-bond acceptors (Lipinski definition) is 5. The number of benzene rings is 2. The van der Waals surface area contributed by atoms with E-state index in [0.29, 0.717) is 17.7 Å². The number of carbonyl (C=O) groups is 2. The Bertz CT molecular complexity index is 1170. The molecule has 1 amide bonds. The Labute approximate surface area is 187 Å². The third-order valence-corrected chi connectivity index (χ3v) is 5.72. The van der Waals surface area contributed by atoms with E-state index in [4.69, 9.17) is 9.57 Å². The van der Waals surface area contributed by atoms with Gasteiger partial charge in [-0.05, 0) is 25.5 Å². The molecule has 1 N–H and O–H groups in total. The molecule has 1 aliphatic rings. The van der Waals surface area contributed by atoms with Gasteiger partial charge >= 0.3 is 5.97 Å². The van der Waals surface area contributed by atoms with E-state index in [1.54, 1.807) is 0 Å². The van der Waals surface area contributed by atoms with Gasteiger partial charge in [-0.3, -0.25) is 4.79 Å². The van der Waals surface area contributed by atoms with Crippen LogP contribution in [0.4, 0.5) is 0 Å². The van der Waals surface area contributed by atoms with E-state index in [-0.39, 0.29) is 24.9 Å². The summed E-state index contributed by atoms with van der Waals surface area (Å²) in [6.45, 7) is 4.35. The van der Waals surface area contributed by atoms with Crippen LogP contribution in [0, 0.1) is 0 Å². The maximum atomic E-state index is 13.0. The van der Waals surface area contributed by atoms with Crippen molar-refractivity contribution in [2.45, 2.75) is 38.3 Å². The third kappa shape index (κ3) is 4.10. The van der Waals surface area contributed by atoms with Crippen molar-refractivity contribution in [1.82, 2.24) is 9.88 Å². The van der Waals surface area contributed by atoms with Gasteiger partial charge in [0.2, 0.25) is 5.60 Å². The second-order valence-electron chi connectivity index (χ2n) is 8.32. The molecular weight excluding hydrogens is 406 g/mol. The number of nitrogens with zero attached hydrogens (tertiary/aromatic N) is 2. The average Bonchev–Trinajstić information content (AvgIpc) is 3.40. The smallest absolute Gasteiger partial charge is 0.353 e. The summed E-state index contributed by atoms with van der Waals surface area (Å²) in [6.07, 6.45) is 2.47. The zero-order valence-corrected chi connectivity index (χ0v) is 18.5. The minimum atomic E-state index is -1.22. The van der Waals surface area contributed by atoms with Crippen molar-refractivity contribution < 1.29 is 19.2 Å². The predicted octanol–water partition coefficient (Wildman–Crippen LogP) is 3.88. The zero-order chi connectivity index (χ0) is 22.7. The van der Waals surface area contributed by atoms with Gasteiger partial charge in [-0.2, -0.15) is 0 Å². The quantitative estimate of drug-likeness (QED) is 0.573. The summed E-state index contributed by atoms with van der Waals surface area (Å²) in [7, 11) is 1.34. The molecule has 2 aromatic carbocycles. The number of methoxy groups -OCH3 is 1. The Hall–Kier alpha value is -3.61. The SMILES string of the molecule is COC(=O)C1(Cc2ccccc2)CC(CNC(=O)c2cn(C(C)C)c3ccccc23)=NO1. The second-order valence-corrected chi connectivity index (χ2v) is 8.32. The Kier molecular flexibility index (Phi) is 5.99. The van der Waals surface area contributed by atoms with Crippen molar-refractivity contribution in [3.05, 3.63) is 71.9 Å². The molecule has 166 valence electrons. The van der Waals surface area contributed by atoms with Crippen LogP contribution in [0.5, 0.6) is 0 Å². The predicted molar refractivity (Wildman–Crippen MR) is 123 cm³/mol. The number of aromatic nitrogens is 1. The molecule has 1 aromatic heterocycles. The van der Waals surface area contributed by atoms with E-state index in [9.17, 15) is 9.59 Å². The van der Waals surface area contributed by atoms with Crippen molar-refractivity contribution >= 4 is 28.5 Å². The number of ether oxygens (including phenoxy) is 1. The highest BCUT2D eigenvalue weighted by Crippen LogP contribution is 2.30. The van der Waals surface area contributed by atoms with E-state index in [2.05, 4.69) is 28.9 Å². The number of rotatable bonds is 7. The lowest BCUT2D eigenvalue weighted by atomic mass is 9.89. The highest BCUT2D eigenvalue weighted by molar-refractivity contribution is 6.08. The number of oxime groups is 1. The number of amides is 1. The molecule has 0 aliphatic carbocycles. The van der Waals surface area contributed by atoms with Gasteiger partial charge in [0, 0.05) is 36.0 Å². The van der Waals surface area contributed by atoms with E-state index in [1.165, 1.54) is 7.11 Å². The molecule has 1 atom stereocenters. The topological polar surface area (TPSA) is 81.9 Å². The fourth-order valence-electron chi connectivity index (χ4n) is 4.12. The van der Waals surface area contributed by atoms with Crippen LogP contribution in [0.25, 0.3) is 10.9 Å². The Balaban J connectivity index is 1.47. The molecule has 0 saturated carbocycles. The molecule has 3 aromatic rings. The first-order valence-electron chi connectivity index (χ1n) is 10.7. The van der Waals surface area contributed by atoms with Crippen molar-refractivity contribution in [3.63, 3.8) is 0 Å². The number of fused-ring (bicyclic) bond motifs is 1. The van der Waals surface area contributed by atoms with E-state index >= 15 is 0 Å². The van der Waals surface area contributed by atoms with Crippen molar-refractivity contribution in [2.24, 2.45) is 5.16 Å². The standard InChI is InChI=1S/C25H27N3O4/c1-17(2)28-16-21(20-11-7-8-12-22(20)28)23(29)26-15-19-14-25(32-27-19,24(30)31-3)13-18-9-5-4-6-10-18/h4-12,16-17H,13-15H2,1-3H3,(H,26,29). The summed E-state index contributed by atoms with van der Waals surface area (Å²) in [5.41, 5.74) is 1.94. The minimum absolute atomic E-state index is 0.188. The largest absolute Gasteiger partial charge is 0.466 e. The summed E-state index contributed by atoms with van der Waals surface area (Å²) in [6, 6.07) is 17.7. The van der Waals surface area contributed by atoms with Crippen LogP contribution < -0.4 is 5.32 Å². The third-order valence-electron chi connectivity index (χ3n) is 5.72. The van der Waals surface area contributed by atoms with E-state index in [1.807, 2.05) is 60.8 Å². The average molecular weight is 434 g/mol. The lowest BCUT2D eigenvalue weighted by Crippen LogP contribution is -2.43. The first-order chi connectivity index (χ1) is 15.4. The molecular formula is C25H27N3O4. The molecule has 1 unspecified atom stereocenters. The molecule has 1 aliphatic heterocycles. The van der Waals surface area contributed by atoms with Gasteiger partial charge in [0.15, 0.2) is 0 Å². The van der Waals surface area contributed by atoms with Crippen LogP contribution in [0.1, 0.15) is 42.2 Å². The van der Waals surface area contributed by atoms with Gasteiger partial charge in [-0.25, -0.2) is 4.79 Å². The lowest BCUT2D eigenvalue weighted by Gasteiger charge is -2.23. The molecule has 0 spiro atoms. The summed E-state index contributed by atoms with van der Waals surface area (Å²) < 4.78 is 7.08. The van der Waals surface area contributed by atoms with Crippen LogP contribution in [0.15, 0.2) is 65.9 Å². The van der Waals surface area contributed by atoms with Gasteiger partial charge in [-0.1, -0.05) is 53.7 Å². The Morgan fingerprint density at radius 2 is 1.88 bits per heavy atom. The second kappa shape index (κ2) is 8.86. The van der Waals surface area contributed by atoms with Gasteiger partial charge in [0.25, 0.3) is 5.91 Å². The molecule has 0 saturated heterocycles. The molecule has 4 rings (SSSR count). The van der Waals surface area contributed by atoms with Crippen LogP contribution in [-0.2, 0) is 20.8 Å². The number of hydrogen-bond donors (Lipinski definition) is 1. The van der Waals surface area contributed by atoms with Gasteiger partial charge < -0.3 is 19.5 Å². The summed E-state index contributed by atoms with van der Waals surface area (Å²) >= 11 is 0. The fourth-order valence-corrected chi connectivity index (χ4v) is 4.12. The van der Waals surface area contributed by atoms with Gasteiger partial charge in [0.05, 0.1) is 24.9 Å². The summed E-state index contributed by atoms with van der Waals surface area (Å²) in [5.74, 6) is -0.673. The highest BCUT2D eigenvalue weighted by Gasteiger charge is 2.47. The monoisotopic (exact) mass is 433 g/mol. The van der Waals surface area contributed by atoms with Crippen LogP contribution in [0.2, 0.25) is 0 Å². The van der Waals surface area contributed by atoms with Crippen molar-refractivity contribution in [3.8, 4) is 0 Å². The van der Waals surface area contributed by atoms with Crippen molar-refractivity contribution in [2.75, 3.05) is 13.7 Å². The first kappa shape index (κ1) is 21.6. The van der Waals surface area contributed by atoms with E-state index < -0.39 is 11.6 Å².